The number of nitrogens with one attached hydrogen (secondary N) is 1. The number of carbonyl (C=O) groups excluding carboxylic acids is 2. The molecule has 1 fully saturated rings. The number of rotatable bonds is 5. The first kappa shape index (κ1) is 18.4. The Labute approximate surface area is 167 Å². The van der Waals surface area contributed by atoms with Gasteiger partial charge in [-0.2, -0.15) is 0 Å². The van der Waals surface area contributed by atoms with Gasteiger partial charge in [-0.3, -0.25) is 14.4 Å². The van der Waals surface area contributed by atoms with Crippen LogP contribution in [0.3, 0.4) is 0 Å². The van der Waals surface area contributed by atoms with E-state index in [1.165, 1.54) is 6.07 Å². The Bertz CT molecular complexity index is 985. The van der Waals surface area contributed by atoms with Gasteiger partial charge in [0.15, 0.2) is 5.78 Å². The number of carboxylic acid groups (broad SMARTS) is 1. The highest BCUT2D eigenvalue weighted by Gasteiger charge is 2.51. The number of allylic oxidation sites excluding steroid dienone is 2. The number of ketones is 1. The van der Waals surface area contributed by atoms with Gasteiger partial charge in [0.05, 0.1) is 17.5 Å². The Kier molecular flexibility index (Phi) is 4.77. The molecule has 28 heavy (non-hydrogen) atoms. The van der Waals surface area contributed by atoms with E-state index in [0.29, 0.717) is 22.7 Å². The number of carboxylic acids is 1. The van der Waals surface area contributed by atoms with E-state index in [-0.39, 0.29) is 29.1 Å². The van der Waals surface area contributed by atoms with Gasteiger partial charge in [-0.25, -0.2) is 0 Å². The molecule has 2 aliphatic carbocycles. The van der Waals surface area contributed by atoms with Crippen molar-refractivity contribution in [1.29, 1.82) is 0 Å². The zero-order valence-electron chi connectivity index (χ0n) is 14.8. The van der Waals surface area contributed by atoms with Crippen LogP contribution in [0.4, 0.5) is 5.69 Å². The lowest BCUT2D eigenvalue weighted by Crippen LogP contribution is -2.36. The van der Waals surface area contributed by atoms with Crippen LogP contribution in [-0.4, -0.2) is 22.8 Å². The summed E-state index contributed by atoms with van der Waals surface area (Å²) in [5.74, 6) is -3.21. The van der Waals surface area contributed by atoms with Gasteiger partial charge in [-0.15, -0.1) is 0 Å². The molecule has 2 aromatic rings. The van der Waals surface area contributed by atoms with Crippen LogP contribution in [0.15, 0.2) is 60.7 Å². The number of halogens is 1. The molecule has 2 N–H and O–H groups in total. The number of benzene rings is 2. The second kappa shape index (κ2) is 7.24. The normalized spacial score (nSPS) is 24.9. The predicted octanol–water partition coefficient (Wildman–Crippen LogP) is 4.03. The number of aliphatic carboxylic acids is 1. The highest BCUT2D eigenvalue weighted by Crippen LogP contribution is 2.48. The molecule has 0 heterocycles. The summed E-state index contributed by atoms with van der Waals surface area (Å²) in [6.07, 6.45) is 4.48. The molecule has 0 radical (unpaired) electrons. The Morgan fingerprint density at radius 2 is 1.64 bits per heavy atom. The molecule has 0 unspecified atom stereocenters. The van der Waals surface area contributed by atoms with E-state index in [1.54, 1.807) is 36.4 Å². The smallest absolute Gasteiger partial charge is 0.307 e. The number of hydrogen-bond acceptors (Lipinski definition) is 3. The Hall–Kier alpha value is -2.92. The molecule has 0 saturated heterocycles. The van der Waals surface area contributed by atoms with E-state index in [4.69, 9.17) is 11.6 Å². The van der Waals surface area contributed by atoms with Crippen molar-refractivity contribution < 1.29 is 19.5 Å². The standard InChI is InChI=1S/C22H18ClNO4/c23-15-8-9-17(16(11-15)20(25)12-4-2-1-3-5-12)24-21(26)18-13-6-7-14(10-13)19(18)22(27)28/h1-9,11,13-14,18-19H,10H2,(H,24,26)(H,27,28)/t13-,14-,18-,19+/m0/s1. The fourth-order valence-electron chi connectivity index (χ4n) is 4.29. The molecule has 4 rings (SSSR count). The van der Waals surface area contributed by atoms with Crippen LogP contribution < -0.4 is 5.32 Å². The van der Waals surface area contributed by atoms with Gasteiger partial charge in [-0.1, -0.05) is 54.1 Å². The molecule has 2 aromatic carbocycles. The van der Waals surface area contributed by atoms with Crippen molar-refractivity contribution in [2.75, 3.05) is 5.32 Å². The first-order valence-electron chi connectivity index (χ1n) is 9.07. The summed E-state index contributed by atoms with van der Waals surface area (Å²) in [6.45, 7) is 0. The van der Waals surface area contributed by atoms with Gasteiger partial charge in [0, 0.05) is 16.1 Å². The number of anilines is 1. The van der Waals surface area contributed by atoms with Crippen LogP contribution in [0.1, 0.15) is 22.3 Å². The van der Waals surface area contributed by atoms with Crippen molar-refractivity contribution in [3.63, 3.8) is 0 Å². The van der Waals surface area contributed by atoms with Crippen LogP contribution >= 0.6 is 11.6 Å². The summed E-state index contributed by atoms with van der Waals surface area (Å²) in [5.41, 5.74) is 1.09. The van der Waals surface area contributed by atoms with Crippen molar-refractivity contribution in [3.05, 3.63) is 76.8 Å². The van der Waals surface area contributed by atoms with E-state index in [0.717, 1.165) is 0 Å². The molecule has 1 amide bonds. The van der Waals surface area contributed by atoms with Gasteiger partial charge >= 0.3 is 5.97 Å². The van der Waals surface area contributed by atoms with Crippen molar-refractivity contribution in [2.24, 2.45) is 23.7 Å². The van der Waals surface area contributed by atoms with Gasteiger partial charge in [0.25, 0.3) is 0 Å². The third-order valence-electron chi connectivity index (χ3n) is 5.57. The average Bonchev–Trinajstić information content (AvgIpc) is 3.31. The minimum absolute atomic E-state index is 0.0910. The third-order valence-corrected chi connectivity index (χ3v) is 5.80. The Balaban J connectivity index is 1.64. The van der Waals surface area contributed by atoms with Crippen molar-refractivity contribution >= 4 is 34.9 Å². The van der Waals surface area contributed by atoms with Gasteiger partial charge in [0.1, 0.15) is 0 Å². The second-order valence-corrected chi connectivity index (χ2v) is 7.65. The monoisotopic (exact) mass is 395 g/mol. The summed E-state index contributed by atoms with van der Waals surface area (Å²) in [4.78, 5) is 37.5. The molecule has 1 saturated carbocycles. The summed E-state index contributed by atoms with van der Waals surface area (Å²) in [6, 6.07) is 13.4. The first-order chi connectivity index (χ1) is 13.5. The lowest BCUT2D eigenvalue weighted by Gasteiger charge is -2.24. The zero-order valence-corrected chi connectivity index (χ0v) is 15.6. The summed E-state index contributed by atoms with van der Waals surface area (Å²) < 4.78 is 0. The lowest BCUT2D eigenvalue weighted by molar-refractivity contribution is -0.146. The SMILES string of the molecule is O=C(c1ccccc1)c1cc(Cl)ccc1NC(=O)[C@@H]1[C@H](C(=O)O)[C@H]2C=C[C@H]1C2. The van der Waals surface area contributed by atoms with Gasteiger partial charge < -0.3 is 10.4 Å². The average molecular weight is 396 g/mol. The summed E-state index contributed by atoms with van der Waals surface area (Å²) in [5, 5.41) is 12.7. The van der Waals surface area contributed by atoms with Crippen molar-refractivity contribution in [3.8, 4) is 0 Å². The number of hydrogen-bond donors (Lipinski definition) is 2. The summed E-state index contributed by atoms with van der Waals surface area (Å²) in [7, 11) is 0. The molecule has 5 nitrogen and oxygen atoms in total. The lowest BCUT2D eigenvalue weighted by atomic mass is 9.82. The van der Waals surface area contributed by atoms with E-state index >= 15 is 0 Å². The maximum Gasteiger partial charge on any atom is 0.307 e. The minimum atomic E-state index is -0.964. The molecule has 0 aromatic heterocycles. The van der Waals surface area contributed by atoms with Crippen LogP contribution in [-0.2, 0) is 9.59 Å². The largest absolute Gasteiger partial charge is 0.481 e. The third kappa shape index (κ3) is 3.22. The fourth-order valence-corrected chi connectivity index (χ4v) is 4.46. The van der Waals surface area contributed by atoms with Crippen molar-refractivity contribution in [1.82, 2.24) is 0 Å². The van der Waals surface area contributed by atoms with Crippen LogP contribution in [0.25, 0.3) is 0 Å². The van der Waals surface area contributed by atoms with E-state index < -0.39 is 17.8 Å². The molecule has 0 spiro atoms. The molecule has 0 aliphatic heterocycles. The van der Waals surface area contributed by atoms with E-state index in [2.05, 4.69) is 5.32 Å². The van der Waals surface area contributed by atoms with E-state index in [1.807, 2.05) is 18.2 Å². The Morgan fingerprint density at radius 1 is 0.964 bits per heavy atom. The molecular formula is C22H18ClNO4. The number of carbonyl (C=O) groups is 3. The Morgan fingerprint density at radius 3 is 2.32 bits per heavy atom. The van der Waals surface area contributed by atoms with Crippen LogP contribution in [0.2, 0.25) is 5.02 Å². The van der Waals surface area contributed by atoms with Crippen LogP contribution in [0, 0.1) is 23.7 Å². The maximum atomic E-state index is 13.0. The molecule has 142 valence electrons. The van der Waals surface area contributed by atoms with Crippen LogP contribution in [0.5, 0.6) is 0 Å². The first-order valence-corrected chi connectivity index (χ1v) is 9.45. The summed E-state index contributed by atoms with van der Waals surface area (Å²) >= 11 is 6.08. The molecule has 2 bridgehead atoms. The maximum absolute atomic E-state index is 13.0. The topological polar surface area (TPSA) is 83.5 Å². The van der Waals surface area contributed by atoms with E-state index in [9.17, 15) is 19.5 Å². The molecule has 2 aliphatic rings. The highest BCUT2D eigenvalue weighted by atomic mass is 35.5. The number of fused-ring (bicyclic) bond motifs is 2. The highest BCUT2D eigenvalue weighted by molar-refractivity contribution is 6.31. The van der Waals surface area contributed by atoms with Gasteiger partial charge in [0.2, 0.25) is 5.91 Å². The molecular weight excluding hydrogens is 378 g/mol. The quantitative estimate of drug-likeness (QED) is 0.591. The van der Waals surface area contributed by atoms with Gasteiger partial charge in [-0.05, 0) is 36.5 Å². The minimum Gasteiger partial charge on any atom is -0.481 e. The molecule has 6 heteroatoms. The number of amides is 1. The molecule has 4 atom stereocenters. The zero-order chi connectivity index (χ0) is 19.8. The second-order valence-electron chi connectivity index (χ2n) is 7.21. The fraction of sp³-hybridized carbons (Fsp3) is 0.227. The van der Waals surface area contributed by atoms with Crippen molar-refractivity contribution in [2.45, 2.75) is 6.42 Å². The predicted molar refractivity (Wildman–Crippen MR) is 105 cm³/mol.